The second-order valence-electron chi connectivity index (χ2n) is 9.48. The van der Waals surface area contributed by atoms with Crippen LogP contribution in [-0.4, -0.2) is 44.3 Å². The minimum atomic E-state index is -4.15. The lowest BCUT2D eigenvalue weighted by Gasteiger charge is -2.34. The molecule has 0 saturated heterocycles. The van der Waals surface area contributed by atoms with E-state index in [0.717, 1.165) is 9.87 Å². The maximum absolute atomic E-state index is 14.3. The van der Waals surface area contributed by atoms with Gasteiger partial charge in [0.25, 0.3) is 10.0 Å². The Hall–Kier alpha value is -3.85. The molecule has 0 fully saturated rings. The molecule has 0 aromatic heterocycles. The summed E-state index contributed by atoms with van der Waals surface area (Å²) < 4.78 is 28.8. The van der Waals surface area contributed by atoms with Gasteiger partial charge in [0.05, 0.1) is 10.6 Å². The largest absolute Gasteiger partial charge is 0.355 e. The fourth-order valence-electron chi connectivity index (χ4n) is 4.54. The van der Waals surface area contributed by atoms with Crippen molar-refractivity contribution in [1.82, 2.24) is 10.2 Å². The van der Waals surface area contributed by atoms with Gasteiger partial charge in [-0.1, -0.05) is 96.0 Å². The maximum atomic E-state index is 14.3. The van der Waals surface area contributed by atoms with Crippen molar-refractivity contribution in [2.24, 2.45) is 0 Å². The Morgan fingerprint density at radius 3 is 1.90 bits per heavy atom. The lowest BCUT2D eigenvalue weighted by Crippen LogP contribution is -2.53. The van der Waals surface area contributed by atoms with E-state index in [2.05, 4.69) is 5.32 Å². The lowest BCUT2D eigenvalue weighted by atomic mass is 10.0. The zero-order chi connectivity index (χ0) is 30.1. The van der Waals surface area contributed by atoms with Gasteiger partial charge < -0.3 is 10.2 Å². The van der Waals surface area contributed by atoms with E-state index >= 15 is 0 Å². The second-order valence-corrected chi connectivity index (χ2v) is 12.2. The number of halogens is 2. The monoisotopic (exact) mass is 623 g/mol. The SMILES string of the molecule is CCNC(=O)C(Cc1ccccc1)N(Cc1c(Cl)cccc1Cl)C(=O)CN(c1ccccc1)S(=O)(=O)c1ccccc1. The van der Waals surface area contributed by atoms with Crippen molar-refractivity contribution in [1.29, 1.82) is 0 Å². The highest BCUT2D eigenvalue weighted by Gasteiger charge is 2.35. The quantitative estimate of drug-likeness (QED) is 0.211. The number of hydrogen-bond acceptors (Lipinski definition) is 4. The molecule has 1 unspecified atom stereocenters. The van der Waals surface area contributed by atoms with E-state index < -0.39 is 28.5 Å². The number of nitrogens with zero attached hydrogens (tertiary/aromatic N) is 2. The summed E-state index contributed by atoms with van der Waals surface area (Å²) in [6.45, 7) is 1.46. The molecule has 42 heavy (non-hydrogen) atoms. The van der Waals surface area contributed by atoms with E-state index in [0.29, 0.717) is 27.8 Å². The highest BCUT2D eigenvalue weighted by molar-refractivity contribution is 7.92. The van der Waals surface area contributed by atoms with Crippen LogP contribution in [0, 0.1) is 0 Å². The van der Waals surface area contributed by atoms with Gasteiger partial charge in [0, 0.05) is 35.1 Å². The first-order valence-electron chi connectivity index (χ1n) is 13.4. The maximum Gasteiger partial charge on any atom is 0.264 e. The van der Waals surface area contributed by atoms with Crippen LogP contribution in [0.5, 0.6) is 0 Å². The highest BCUT2D eigenvalue weighted by Crippen LogP contribution is 2.29. The number of nitrogens with one attached hydrogen (secondary N) is 1. The number of rotatable bonds is 12. The molecule has 0 aliphatic rings. The van der Waals surface area contributed by atoms with Crippen molar-refractivity contribution < 1.29 is 18.0 Å². The fourth-order valence-corrected chi connectivity index (χ4v) is 6.49. The summed E-state index contributed by atoms with van der Waals surface area (Å²) in [5.74, 6) is -0.975. The highest BCUT2D eigenvalue weighted by atomic mass is 35.5. The van der Waals surface area contributed by atoms with Gasteiger partial charge in [0.2, 0.25) is 11.8 Å². The minimum absolute atomic E-state index is 0.0342. The van der Waals surface area contributed by atoms with Crippen LogP contribution in [0.15, 0.2) is 114 Å². The van der Waals surface area contributed by atoms with Crippen molar-refractivity contribution in [3.8, 4) is 0 Å². The third kappa shape index (κ3) is 7.50. The molecule has 0 heterocycles. The molecule has 0 aliphatic heterocycles. The summed E-state index contributed by atoms with van der Waals surface area (Å²) in [6.07, 6.45) is 0.192. The van der Waals surface area contributed by atoms with Gasteiger partial charge in [-0.05, 0) is 48.9 Å². The third-order valence-corrected chi connectivity index (χ3v) is 9.16. The average Bonchev–Trinajstić information content (AvgIpc) is 3.00. The van der Waals surface area contributed by atoms with E-state index in [4.69, 9.17) is 23.2 Å². The van der Waals surface area contributed by atoms with Gasteiger partial charge in [0.15, 0.2) is 0 Å². The van der Waals surface area contributed by atoms with Gasteiger partial charge in [0.1, 0.15) is 12.6 Å². The van der Waals surface area contributed by atoms with Crippen LogP contribution in [0.4, 0.5) is 5.69 Å². The Bertz CT molecular complexity index is 1580. The van der Waals surface area contributed by atoms with E-state index in [1.807, 2.05) is 30.3 Å². The van der Waals surface area contributed by atoms with E-state index in [1.165, 1.54) is 17.0 Å². The Morgan fingerprint density at radius 1 is 0.786 bits per heavy atom. The molecule has 4 aromatic rings. The van der Waals surface area contributed by atoms with Crippen molar-refractivity contribution in [3.63, 3.8) is 0 Å². The van der Waals surface area contributed by atoms with Crippen LogP contribution in [0.1, 0.15) is 18.1 Å². The first-order chi connectivity index (χ1) is 20.2. The second kappa shape index (κ2) is 14.4. The molecule has 1 N–H and O–H groups in total. The molecule has 2 amide bonds. The molecule has 218 valence electrons. The summed E-state index contributed by atoms with van der Waals surface area (Å²) in [4.78, 5) is 29.2. The molecule has 0 spiro atoms. The molecule has 0 radical (unpaired) electrons. The summed E-state index contributed by atoms with van der Waals surface area (Å²) in [5, 5.41) is 3.48. The van der Waals surface area contributed by atoms with Crippen LogP contribution in [-0.2, 0) is 32.6 Å². The normalized spacial score (nSPS) is 11.9. The molecular weight excluding hydrogens is 593 g/mol. The van der Waals surface area contributed by atoms with Gasteiger partial charge in [-0.2, -0.15) is 0 Å². The zero-order valence-electron chi connectivity index (χ0n) is 23.0. The predicted octanol–water partition coefficient (Wildman–Crippen LogP) is 5.96. The van der Waals surface area contributed by atoms with Crippen LogP contribution in [0.3, 0.4) is 0 Å². The number of sulfonamides is 1. The first-order valence-corrected chi connectivity index (χ1v) is 15.6. The topological polar surface area (TPSA) is 86.8 Å². The summed E-state index contributed by atoms with van der Waals surface area (Å²) in [5.41, 5.74) is 1.59. The van der Waals surface area contributed by atoms with Crippen LogP contribution in [0.25, 0.3) is 0 Å². The van der Waals surface area contributed by atoms with Crippen LogP contribution >= 0.6 is 23.2 Å². The zero-order valence-corrected chi connectivity index (χ0v) is 25.3. The molecule has 1 atom stereocenters. The molecule has 0 saturated carbocycles. The third-order valence-electron chi connectivity index (χ3n) is 6.67. The summed E-state index contributed by atoms with van der Waals surface area (Å²) in [6, 6.07) is 29.6. The Kier molecular flexibility index (Phi) is 10.6. The van der Waals surface area contributed by atoms with Crippen molar-refractivity contribution in [3.05, 3.63) is 130 Å². The van der Waals surface area contributed by atoms with Crippen molar-refractivity contribution in [2.75, 3.05) is 17.4 Å². The number of anilines is 1. The van der Waals surface area contributed by atoms with E-state index in [9.17, 15) is 18.0 Å². The number of carbonyl (C=O) groups is 2. The molecular formula is C32H31Cl2N3O4S. The molecule has 4 rings (SSSR count). The smallest absolute Gasteiger partial charge is 0.264 e. The van der Waals surface area contributed by atoms with Gasteiger partial charge >= 0.3 is 0 Å². The summed E-state index contributed by atoms with van der Waals surface area (Å²) in [7, 11) is -4.15. The standard InChI is InChI=1S/C32H31Cl2N3O4S/c1-2-35-32(39)30(21-24-13-6-3-7-14-24)36(22-27-28(33)19-12-20-29(27)34)31(38)23-37(25-15-8-4-9-16-25)42(40,41)26-17-10-5-11-18-26/h3-20,30H,2,21-23H2,1H3,(H,35,39). The Labute approximate surface area is 256 Å². The Morgan fingerprint density at radius 2 is 1.33 bits per heavy atom. The predicted molar refractivity (Wildman–Crippen MR) is 167 cm³/mol. The first kappa shape index (κ1) is 31.1. The number of amides is 2. The lowest BCUT2D eigenvalue weighted by molar-refractivity contribution is -0.140. The minimum Gasteiger partial charge on any atom is -0.355 e. The molecule has 4 aromatic carbocycles. The van der Waals surface area contributed by atoms with E-state index in [1.54, 1.807) is 73.7 Å². The van der Waals surface area contributed by atoms with Crippen LogP contribution in [0.2, 0.25) is 10.0 Å². The van der Waals surface area contributed by atoms with Gasteiger partial charge in [-0.15, -0.1) is 0 Å². The number of para-hydroxylation sites is 1. The van der Waals surface area contributed by atoms with Gasteiger partial charge in [-0.3, -0.25) is 13.9 Å². The molecule has 7 nitrogen and oxygen atoms in total. The molecule has 0 aliphatic carbocycles. The van der Waals surface area contributed by atoms with Crippen molar-refractivity contribution >= 4 is 50.7 Å². The number of benzene rings is 4. The number of carbonyl (C=O) groups excluding carboxylic acids is 2. The molecule has 10 heteroatoms. The number of hydrogen-bond donors (Lipinski definition) is 1. The fraction of sp³-hybridized carbons (Fsp3) is 0.188. The van der Waals surface area contributed by atoms with Gasteiger partial charge in [-0.25, -0.2) is 8.42 Å². The van der Waals surface area contributed by atoms with Crippen LogP contribution < -0.4 is 9.62 Å². The molecule has 0 bridgehead atoms. The van der Waals surface area contributed by atoms with Crippen molar-refractivity contribution in [2.45, 2.75) is 30.8 Å². The Balaban J connectivity index is 1.81. The van der Waals surface area contributed by atoms with E-state index in [-0.39, 0.29) is 23.8 Å². The number of likely N-dealkylation sites (N-methyl/N-ethyl adjacent to an activating group) is 1. The summed E-state index contributed by atoms with van der Waals surface area (Å²) >= 11 is 13.0. The average molecular weight is 625 g/mol.